The van der Waals surface area contributed by atoms with Gasteiger partial charge in [0, 0.05) is 11.3 Å². The van der Waals surface area contributed by atoms with Crippen molar-refractivity contribution in [3.8, 4) is 0 Å². The Morgan fingerprint density at radius 1 is 1.30 bits per heavy atom. The molecule has 0 heterocycles. The molecule has 6 atom stereocenters. The highest BCUT2D eigenvalue weighted by atomic mass is 16.3. The SMILES string of the molecule is C=C[C@@]1(C)CC[C@@]2(C)[C@@H](CC[C@@H]3[C@@](C)(CO)C(=O)C=C[C@@]32O)C1. The lowest BCUT2D eigenvalue weighted by molar-refractivity contribution is -0.202. The van der Waals surface area contributed by atoms with Crippen LogP contribution < -0.4 is 0 Å². The molecular weight excluding hydrogens is 288 g/mol. The monoisotopic (exact) mass is 318 g/mol. The van der Waals surface area contributed by atoms with Crippen molar-refractivity contribution < 1.29 is 15.0 Å². The van der Waals surface area contributed by atoms with Crippen molar-refractivity contribution in [1.29, 1.82) is 0 Å². The maximum Gasteiger partial charge on any atom is 0.164 e. The molecule has 2 saturated carbocycles. The Morgan fingerprint density at radius 2 is 2.00 bits per heavy atom. The number of allylic oxidation sites excluding steroid dienone is 2. The fourth-order valence-corrected chi connectivity index (χ4v) is 5.62. The first-order chi connectivity index (χ1) is 10.7. The van der Waals surface area contributed by atoms with Crippen LogP contribution in [0.4, 0.5) is 0 Å². The minimum atomic E-state index is -1.01. The molecule has 0 bridgehead atoms. The van der Waals surface area contributed by atoms with E-state index in [9.17, 15) is 15.0 Å². The zero-order valence-electron chi connectivity index (χ0n) is 14.6. The van der Waals surface area contributed by atoms with E-state index in [0.29, 0.717) is 5.92 Å². The molecule has 3 heteroatoms. The summed E-state index contributed by atoms with van der Waals surface area (Å²) < 4.78 is 0. The number of carbonyl (C=O) groups excluding carboxylic acids is 1. The fraction of sp³-hybridized carbons (Fsp3) is 0.750. The first kappa shape index (κ1) is 16.9. The number of aliphatic hydroxyl groups excluding tert-OH is 1. The average Bonchev–Trinajstić information content (AvgIpc) is 2.53. The normalized spacial score (nSPS) is 52.7. The van der Waals surface area contributed by atoms with Crippen LogP contribution in [-0.4, -0.2) is 28.2 Å². The van der Waals surface area contributed by atoms with Crippen molar-refractivity contribution in [3.05, 3.63) is 24.8 Å². The van der Waals surface area contributed by atoms with Gasteiger partial charge in [0.15, 0.2) is 5.78 Å². The number of hydrogen-bond acceptors (Lipinski definition) is 3. The summed E-state index contributed by atoms with van der Waals surface area (Å²) >= 11 is 0. The lowest BCUT2D eigenvalue weighted by atomic mass is 9.42. The summed E-state index contributed by atoms with van der Waals surface area (Å²) in [5.74, 6) is 0.164. The van der Waals surface area contributed by atoms with Crippen molar-refractivity contribution in [2.75, 3.05) is 6.61 Å². The van der Waals surface area contributed by atoms with Gasteiger partial charge in [0.1, 0.15) is 0 Å². The second-order valence-corrected chi connectivity index (χ2v) is 8.91. The van der Waals surface area contributed by atoms with E-state index in [1.54, 1.807) is 6.08 Å². The van der Waals surface area contributed by atoms with Crippen LogP contribution in [0.15, 0.2) is 24.8 Å². The lowest BCUT2D eigenvalue weighted by Crippen LogP contribution is -2.66. The lowest BCUT2D eigenvalue weighted by Gasteiger charge is -2.63. The molecular formula is C20H30O3. The van der Waals surface area contributed by atoms with Gasteiger partial charge in [-0.05, 0) is 62.5 Å². The first-order valence-corrected chi connectivity index (χ1v) is 8.86. The zero-order chi connectivity index (χ0) is 17.1. The van der Waals surface area contributed by atoms with E-state index in [1.807, 2.05) is 6.92 Å². The smallest absolute Gasteiger partial charge is 0.164 e. The van der Waals surface area contributed by atoms with Gasteiger partial charge in [-0.1, -0.05) is 19.9 Å². The summed E-state index contributed by atoms with van der Waals surface area (Å²) in [6.45, 7) is 10.1. The van der Waals surface area contributed by atoms with Crippen LogP contribution in [0.5, 0.6) is 0 Å². The van der Waals surface area contributed by atoms with Crippen molar-refractivity contribution in [3.63, 3.8) is 0 Å². The molecule has 3 aliphatic rings. The van der Waals surface area contributed by atoms with E-state index in [4.69, 9.17) is 0 Å². The minimum absolute atomic E-state index is 0.0523. The molecule has 3 aliphatic carbocycles. The van der Waals surface area contributed by atoms with E-state index < -0.39 is 11.0 Å². The van der Waals surface area contributed by atoms with Crippen LogP contribution in [0.2, 0.25) is 0 Å². The Balaban J connectivity index is 2.04. The summed E-state index contributed by atoms with van der Waals surface area (Å²) in [7, 11) is 0. The Labute approximate surface area is 139 Å². The topological polar surface area (TPSA) is 57.5 Å². The van der Waals surface area contributed by atoms with Gasteiger partial charge in [-0.25, -0.2) is 0 Å². The van der Waals surface area contributed by atoms with Crippen LogP contribution in [0.25, 0.3) is 0 Å². The van der Waals surface area contributed by atoms with E-state index in [0.717, 1.165) is 32.1 Å². The van der Waals surface area contributed by atoms with Crippen LogP contribution >= 0.6 is 0 Å². The molecule has 0 aromatic rings. The van der Waals surface area contributed by atoms with Crippen LogP contribution in [0.1, 0.15) is 52.9 Å². The van der Waals surface area contributed by atoms with Gasteiger partial charge < -0.3 is 10.2 Å². The number of rotatable bonds is 2. The molecule has 0 aromatic carbocycles. The number of fused-ring (bicyclic) bond motifs is 3. The molecule has 0 radical (unpaired) electrons. The highest BCUT2D eigenvalue weighted by molar-refractivity contribution is 5.96. The third-order valence-corrected chi connectivity index (χ3v) is 7.72. The second-order valence-electron chi connectivity index (χ2n) is 8.91. The molecule has 3 nitrogen and oxygen atoms in total. The van der Waals surface area contributed by atoms with Gasteiger partial charge in [-0.3, -0.25) is 4.79 Å². The Hall–Kier alpha value is -0.930. The number of ketones is 1. The van der Waals surface area contributed by atoms with Gasteiger partial charge in [-0.15, -0.1) is 6.58 Å². The summed E-state index contributed by atoms with van der Waals surface area (Å²) in [6.07, 6.45) is 10.1. The number of aliphatic hydroxyl groups is 2. The molecule has 128 valence electrons. The Morgan fingerprint density at radius 3 is 2.61 bits per heavy atom. The second kappa shape index (κ2) is 5.03. The summed E-state index contributed by atoms with van der Waals surface area (Å²) in [5, 5.41) is 21.6. The van der Waals surface area contributed by atoms with Crippen LogP contribution in [0, 0.1) is 28.1 Å². The van der Waals surface area contributed by atoms with E-state index in [-0.39, 0.29) is 29.1 Å². The molecule has 0 saturated heterocycles. The molecule has 0 unspecified atom stereocenters. The molecule has 3 rings (SSSR count). The highest BCUT2D eigenvalue weighted by Gasteiger charge is 2.65. The van der Waals surface area contributed by atoms with Crippen LogP contribution in [0.3, 0.4) is 0 Å². The largest absolute Gasteiger partial charge is 0.395 e. The minimum Gasteiger partial charge on any atom is -0.395 e. The molecule has 0 aliphatic heterocycles. The van der Waals surface area contributed by atoms with Crippen LogP contribution in [-0.2, 0) is 4.79 Å². The fourth-order valence-electron chi connectivity index (χ4n) is 5.62. The molecule has 2 fully saturated rings. The third kappa shape index (κ3) is 2.05. The maximum atomic E-state index is 12.4. The summed E-state index contributed by atoms with van der Waals surface area (Å²) in [4.78, 5) is 12.4. The third-order valence-electron chi connectivity index (χ3n) is 7.72. The number of hydrogen-bond donors (Lipinski definition) is 2. The van der Waals surface area contributed by atoms with Gasteiger partial charge in [0.05, 0.1) is 17.6 Å². The van der Waals surface area contributed by atoms with Gasteiger partial charge in [0.25, 0.3) is 0 Å². The number of carbonyl (C=O) groups is 1. The van der Waals surface area contributed by atoms with E-state index in [1.165, 1.54) is 6.08 Å². The van der Waals surface area contributed by atoms with Gasteiger partial charge >= 0.3 is 0 Å². The standard InChI is InChI=1S/C20H30O3/c1-5-17(2)10-11-19(4)14(12-17)6-7-15-18(3,13-21)16(22)8-9-20(15,19)23/h5,8-9,14-15,21,23H,1,6-7,10-13H2,2-4H3/t14-,15+,17-,18+,19-,20+/m0/s1. The summed E-state index contributed by atoms with van der Waals surface area (Å²) in [5.41, 5.74) is -1.98. The van der Waals surface area contributed by atoms with Gasteiger partial charge in [-0.2, -0.15) is 0 Å². The van der Waals surface area contributed by atoms with Crippen molar-refractivity contribution in [2.24, 2.45) is 28.1 Å². The Kier molecular flexibility index (Phi) is 3.70. The molecule has 0 aromatic heterocycles. The van der Waals surface area contributed by atoms with E-state index >= 15 is 0 Å². The van der Waals surface area contributed by atoms with Gasteiger partial charge in [0.2, 0.25) is 0 Å². The highest BCUT2D eigenvalue weighted by Crippen LogP contribution is 2.64. The van der Waals surface area contributed by atoms with Crippen molar-refractivity contribution in [2.45, 2.75) is 58.5 Å². The average molecular weight is 318 g/mol. The molecule has 2 N–H and O–H groups in total. The summed E-state index contributed by atoms with van der Waals surface area (Å²) in [6, 6.07) is 0. The molecule has 0 amide bonds. The predicted molar refractivity (Wildman–Crippen MR) is 90.8 cm³/mol. The first-order valence-electron chi connectivity index (χ1n) is 8.86. The molecule has 23 heavy (non-hydrogen) atoms. The zero-order valence-corrected chi connectivity index (χ0v) is 14.6. The van der Waals surface area contributed by atoms with E-state index in [2.05, 4.69) is 26.5 Å². The maximum absolute atomic E-state index is 12.4. The molecule has 0 spiro atoms. The van der Waals surface area contributed by atoms with Crippen molar-refractivity contribution in [1.82, 2.24) is 0 Å². The quantitative estimate of drug-likeness (QED) is 0.768. The predicted octanol–water partition coefficient (Wildman–Crippen LogP) is 3.26. The van der Waals surface area contributed by atoms with Crippen molar-refractivity contribution >= 4 is 5.78 Å². The Bertz CT molecular complexity index is 567.